The third kappa shape index (κ3) is 8.81. The maximum absolute atomic E-state index is 10.0. The molecule has 0 fully saturated rings. The molecule has 3 heterocycles. The molecule has 380 valence electrons. The number of aryl methyl sites for hydroxylation is 1. The van der Waals surface area contributed by atoms with E-state index in [0.717, 1.165) is 6.20 Å². The summed E-state index contributed by atoms with van der Waals surface area (Å²) in [7, 11) is -6.20. The minimum absolute atomic E-state index is 0. The fourth-order valence-electron chi connectivity index (χ4n) is 9.73. The minimum atomic E-state index is -6.20. The first-order chi connectivity index (χ1) is 49.3. The van der Waals surface area contributed by atoms with Crippen molar-refractivity contribution < 1.29 is 68.8 Å². The van der Waals surface area contributed by atoms with Gasteiger partial charge in [0, 0.05) is 54.0 Å². The number of ether oxygens (including phenoxy) is 1. The topological polar surface area (TPSA) is 35.9 Å². The van der Waals surface area contributed by atoms with E-state index in [2.05, 4.69) is 23.4 Å². The van der Waals surface area contributed by atoms with Gasteiger partial charge in [0.15, 0.2) is 8.07 Å². The molecular formula is C71H54N4OPtSi-2. The average molecular weight is 1230 g/mol. The Morgan fingerprint density at radius 3 is 1.78 bits per heavy atom. The van der Waals surface area contributed by atoms with Crippen molar-refractivity contribution in [1.82, 2.24) is 14.1 Å². The molecule has 13 rings (SSSR count). The van der Waals surface area contributed by atoms with Crippen LogP contribution in [0.25, 0.3) is 72.3 Å². The molecule has 0 aliphatic rings. The van der Waals surface area contributed by atoms with Gasteiger partial charge in [0.1, 0.15) is 5.82 Å². The van der Waals surface area contributed by atoms with Gasteiger partial charge in [-0.1, -0.05) is 232 Å². The van der Waals surface area contributed by atoms with E-state index in [1.807, 2.05) is 6.07 Å². The van der Waals surface area contributed by atoms with E-state index in [4.69, 9.17) is 23.9 Å². The standard InChI is InChI=1S/C71H54N4OSi.Pt/c1-50-43-69(72-48-63(50)52-27-12-6-13-28-52)75-64-38-21-20-37-60(64)61-42-41-56(47-67(61)75)76-55-30-24-29-54(46-55)73-49-74(66-40-23-22-39-65(66)73)70-62(51-25-10-5-11-26-51)44-53(71(2,3)4)45-68(70)77(57-31-14-7-15-32-57,58-33-16-8-17-34-58)59-35-18-9-19-36-59;/h5-45,48H,1-4H3;/q-2;/i1D3,5D,6D,7D,8D,9D,10D,11D,12D,13D,14D,15D,16D,17D,18D,19D,25D,26D,27D,28D,31D,32D,33D,34D,35D,36D;. The normalized spacial score (nSPS) is 17.0. The van der Waals surface area contributed by atoms with Crippen molar-refractivity contribution in [3.05, 3.63) is 284 Å². The number of benzene rings is 10. The van der Waals surface area contributed by atoms with E-state index < -0.39 is 198 Å². The molecule has 0 amide bonds. The molecule has 0 aliphatic carbocycles. The predicted octanol–water partition coefficient (Wildman–Crippen LogP) is 13.9. The van der Waals surface area contributed by atoms with Gasteiger partial charge in [-0.25, -0.2) is 4.98 Å². The Labute approximate surface area is 511 Å². The Kier molecular flexibility index (Phi) is 7.32. The first-order valence-electron chi connectivity index (χ1n) is 38.0. The van der Waals surface area contributed by atoms with Gasteiger partial charge in [-0.15, -0.1) is 29.7 Å². The Morgan fingerprint density at radius 2 is 1.15 bits per heavy atom. The fourth-order valence-corrected chi connectivity index (χ4v) is 13.8. The molecule has 0 unspecified atom stereocenters. The van der Waals surface area contributed by atoms with Crippen LogP contribution in [0.2, 0.25) is 0 Å². The summed E-state index contributed by atoms with van der Waals surface area (Å²) in [6.07, 6.45) is 4.48. The Hall–Kier alpha value is -8.67. The van der Waals surface area contributed by atoms with Gasteiger partial charge in [-0.2, -0.15) is 18.2 Å². The van der Waals surface area contributed by atoms with Gasteiger partial charge in [0.2, 0.25) is 0 Å². The summed E-state index contributed by atoms with van der Waals surface area (Å²) in [5.41, 5.74) is -1.80. The van der Waals surface area contributed by atoms with Crippen LogP contribution in [0, 0.1) is 25.3 Å². The molecule has 7 heteroatoms. The van der Waals surface area contributed by atoms with Crippen LogP contribution in [0.3, 0.4) is 0 Å². The van der Waals surface area contributed by atoms with Crippen LogP contribution >= 0.6 is 0 Å². The number of aromatic nitrogens is 4. The van der Waals surface area contributed by atoms with Crippen LogP contribution in [-0.4, -0.2) is 22.2 Å². The average Bonchev–Trinajstić information content (AvgIpc) is 1.44. The minimum Gasteiger partial charge on any atom is -0.510 e. The van der Waals surface area contributed by atoms with Crippen molar-refractivity contribution in [3.8, 4) is 50.9 Å². The molecule has 78 heavy (non-hydrogen) atoms. The summed E-state index contributed by atoms with van der Waals surface area (Å²) in [5.74, 6) is 0.151. The Balaban J connectivity index is 0.0000105. The van der Waals surface area contributed by atoms with Crippen molar-refractivity contribution in [2.75, 3.05) is 0 Å². The predicted molar refractivity (Wildman–Crippen MR) is 318 cm³/mol. The summed E-state index contributed by atoms with van der Waals surface area (Å²) in [4.78, 5) is 4.66. The van der Waals surface area contributed by atoms with E-state index in [9.17, 15) is 19.2 Å². The molecular weight excluding hydrogens is 1150 g/mol. The summed E-state index contributed by atoms with van der Waals surface area (Å²) in [6.45, 7) is 2.21. The van der Waals surface area contributed by atoms with Crippen molar-refractivity contribution in [3.63, 3.8) is 0 Å². The van der Waals surface area contributed by atoms with E-state index in [0.29, 0.717) is 21.8 Å². The number of fused-ring (bicyclic) bond motifs is 4. The number of para-hydroxylation sites is 3. The zero-order chi connectivity index (χ0) is 76.3. The fraction of sp³-hybridized carbons (Fsp3) is 0.0704. The number of nitrogens with zero attached hydrogens (tertiary/aromatic N) is 4. The van der Waals surface area contributed by atoms with Gasteiger partial charge < -0.3 is 13.9 Å². The molecule has 0 aliphatic heterocycles. The molecule has 3 aromatic heterocycles. The molecule has 5 nitrogen and oxygen atoms in total. The smallest absolute Gasteiger partial charge is 0.268 e. The molecule has 0 atom stereocenters. The number of imidazole rings is 1. The summed E-state index contributed by atoms with van der Waals surface area (Å²) in [5, 5.41) is -1.72. The number of hydrogen-bond donors (Lipinski definition) is 0. The van der Waals surface area contributed by atoms with Gasteiger partial charge in [0.05, 0.1) is 51.0 Å². The van der Waals surface area contributed by atoms with Crippen LogP contribution < -0.4 is 30.1 Å². The molecule has 0 N–H and O–H groups in total. The maximum atomic E-state index is 10.0. The third-order valence-electron chi connectivity index (χ3n) is 13.2. The second-order valence-electron chi connectivity index (χ2n) is 18.7. The zero-order valence-corrected chi connectivity index (χ0v) is 44.6. The van der Waals surface area contributed by atoms with Crippen LogP contribution in [0.15, 0.2) is 254 Å². The van der Waals surface area contributed by atoms with Crippen molar-refractivity contribution in [2.45, 2.75) is 33.0 Å². The van der Waals surface area contributed by atoms with Crippen LogP contribution in [0.1, 0.15) is 70.3 Å². The zero-order valence-electron chi connectivity index (χ0n) is 69.3. The summed E-state index contributed by atoms with van der Waals surface area (Å²) >= 11 is 0. The Bertz CT molecular complexity index is 5660. The monoisotopic (exact) mass is 1230 g/mol. The second kappa shape index (κ2) is 20.7. The largest absolute Gasteiger partial charge is 0.510 e. The van der Waals surface area contributed by atoms with Gasteiger partial charge in [0.25, 0.3) is 6.33 Å². The molecule has 0 saturated heterocycles. The summed E-state index contributed by atoms with van der Waals surface area (Å²) in [6, 6.07) is 9.39. The van der Waals surface area contributed by atoms with Crippen LogP contribution in [0.4, 0.5) is 0 Å². The van der Waals surface area contributed by atoms with Crippen LogP contribution in [0.5, 0.6) is 11.5 Å². The maximum Gasteiger partial charge on any atom is 0.268 e. The number of hydrogen-bond acceptors (Lipinski definition) is 2. The van der Waals surface area contributed by atoms with E-state index in [1.54, 1.807) is 98.1 Å². The molecule has 0 radical (unpaired) electrons. The SMILES string of the molecule is [2H]c1c([2H])c([2H])c(-c2cnc(-n3c4[c-]c(Oc5[c-]c(-n6[c-][n+](-c7c(-c8c([2H])c([2H])c([2H])c([2H])c8[2H])cc(C(C)(C)C)cc7[Si](c7c([2H])c([2H])c([2H])c([2H])c7[2H])(c7c([2H])c([2H])c([2H])c([2H])c7[2H])c7c([2H])c([2H])c([2H])c([2H])c7[2H])c7ccccc76)ccc5)ccc4c4ccccc43)cc2C([2H])([2H])[2H])c([2H])c1[2H].[Pt]. The quantitative estimate of drug-likeness (QED) is 0.0560. The second-order valence-corrected chi connectivity index (χ2v) is 22.2. The molecule has 0 bridgehead atoms. The van der Waals surface area contributed by atoms with Gasteiger partial charge in [-0.3, -0.25) is 4.57 Å². The molecule has 0 saturated carbocycles. The van der Waals surface area contributed by atoms with Crippen molar-refractivity contribution in [2.24, 2.45) is 0 Å². The molecule has 10 aromatic carbocycles. The van der Waals surface area contributed by atoms with Crippen molar-refractivity contribution in [1.29, 1.82) is 0 Å². The van der Waals surface area contributed by atoms with Crippen LogP contribution in [-0.2, 0) is 26.5 Å². The molecule has 0 spiro atoms. The summed E-state index contributed by atoms with van der Waals surface area (Å²) < 4.78 is 269. The van der Waals surface area contributed by atoms with E-state index >= 15 is 0 Å². The number of rotatable bonds is 11. The number of pyridine rings is 1. The van der Waals surface area contributed by atoms with Crippen molar-refractivity contribution >= 4 is 61.7 Å². The van der Waals surface area contributed by atoms with E-state index in [1.165, 1.54) is 27.3 Å². The Morgan fingerprint density at radius 1 is 0.577 bits per heavy atom. The van der Waals surface area contributed by atoms with Gasteiger partial charge >= 0.3 is 0 Å². The first-order valence-corrected chi connectivity index (χ1v) is 26.0. The van der Waals surface area contributed by atoms with Gasteiger partial charge in [-0.05, 0) is 84.0 Å². The first kappa shape index (κ1) is 27.6. The third-order valence-corrected chi connectivity index (χ3v) is 17.4. The van der Waals surface area contributed by atoms with E-state index in [-0.39, 0.29) is 88.6 Å². The molecule has 13 aromatic rings.